The van der Waals surface area contributed by atoms with Gasteiger partial charge in [-0.3, -0.25) is 0 Å². The summed E-state index contributed by atoms with van der Waals surface area (Å²) in [5.74, 6) is -0.204. The quantitative estimate of drug-likeness (QED) is 0.0704. The van der Waals surface area contributed by atoms with Crippen molar-refractivity contribution in [3.05, 3.63) is 203 Å². The van der Waals surface area contributed by atoms with Gasteiger partial charge in [-0.15, -0.1) is 0 Å². The Morgan fingerprint density at radius 3 is 1.44 bits per heavy atom. The van der Waals surface area contributed by atoms with Gasteiger partial charge in [0.25, 0.3) is 0 Å². The summed E-state index contributed by atoms with van der Waals surface area (Å²) in [6.45, 7) is 1.25. The van der Waals surface area contributed by atoms with Gasteiger partial charge in [0.05, 0.1) is 47.3 Å². The average molecular weight is 837 g/mol. The molecule has 0 bridgehead atoms. The SMILES string of the molecule is COc1cc(C=C(Cc2ccccc2)C(=O)O)cc(OC)c1O[C@H]1O[C@H](COCc2ccccc2)[C@@H](OCc2ccccc2)[C@H](OCc2ccccc2)[C@@H]1OCc1ccccc1. The van der Waals surface area contributed by atoms with Crippen LogP contribution in [0.2, 0.25) is 0 Å². The van der Waals surface area contributed by atoms with Gasteiger partial charge in [0, 0.05) is 12.0 Å². The van der Waals surface area contributed by atoms with E-state index in [1.165, 1.54) is 14.2 Å². The number of ether oxygens (including phenoxy) is 8. The molecule has 6 aromatic rings. The summed E-state index contributed by atoms with van der Waals surface area (Å²) in [6, 6.07) is 52.5. The average Bonchev–Trinajstić information content (AvgIpc) is 3.31. The van der Waals surface area contributed by atoms with E-state index in [0.29, 0.717) is 23.7 Å². The van der Waals surface area contributed by atoms with Gasteiger partial charge in [-0.25, -0.2) is 4.79 Å². The van der Waals surface area contributed by atoms with Crippen molar-refractivity contribution in [2.75, 3.05) is 20.8 Å². The van der Waals surface area contributed by atoms with Crippen molar-refractivity contribution < 1.29 is 47.8 Å². The summed E-state index contributed by atoms with van der Waals surface area (Å²) in [6.07, 6.45) is -2.23. The van der Waals surface area contributed by atoms with Crippen LogP contribution in [0.1, 0.15) is 33.4 Å². The van der Waals surface area contributed by atoms with Gasteiger partial charge in [0.1, 0.15) is 24.4 Å². The van der Waals surface area contributed by atoms with Crippen molar-refractivity contribution in [1.29, 1.82) is 0 Å². The van der Waals surface area contributed by atoms with E-state index in [-0.39, 0.29) is 44.2 Å². The highest BCUT2D eigenvalue weighted by Gasteiger charge is 2.50. The molecule has 10 heteroatoms. The van der Waals surface area contributed by atoms with Crippen LogP contribution in [-0.2, 0) is 61.3 Å². The van der Waals surface area contributed by atoms with E-state index in [1.807, 2.05) is 152 Å². The lowest BCUT2D eigenvalue weighted by Crippen LogP contribution is -2.62. The Bertz CT molecular complexity index is 2260. The third-order valence-corrected chi connectivity index (χ3v) is 10.4. The highest BCUT2D eigenvalue weighted by Crippen LogP contribution is 2.42. The molecule has 1 saturated heterocycles. The van der Waals surface area contributed by atoms with E-state index < -0.39 is 36.7 Å². The van der Waals surface area contributed by atoms with E-state index in [4.69, 9.17) is 37.9 Å². The first-order chi connectivity index (χ1) is 30.5. The van der Waals surface area contributed by atoms with Crippen LogP contribution in [0, 0.1) is 0 Å². The Morgan fingerprint density at radius 2 is 0.984 bits per heavy atom. The molecule has 0 unspecified atom stereocenters. The summed E-state index contributed by atoms with van der Waals surface area (Å²) in [5, 5.41) is 10.2. The van der Waals surface area contributed by atoms with Crippen molar-refractivity contribution in [3.8, 4) is 17.2 Å². The lowest BCUT2D eigenvalue weighted by Gasteiger charge is -2.45. The molecule has 5 atom stereocenters. The van der Waals surface area contributed by atoms with E-state index >= 15 is 0 Å². The number of aliphatic carboxylic acids is 1. The smallest absolute Gasteiger partial charge is 0.331 e. The first-order valence-electron chi connectivity index (χ1n) is 20.6. The van der Waals surface area contributed by atoms with Crippen molar-refractivity contribution in [1.82, 2.24) is 0 Å². The standard InChI is InChI=1S/C52H52O10/c1-55-44-30-42(29-43(51(53)54)28-37-18-8-3-9-19-37)31-45(56-2)47(44)62-52-50(60-35-41-26-16-7-17-27-41)49(59-34-40-24-14-6-15-25-40)48(58-33-39-22-12-5-13-23-39)46(61-52)36-57-32-38-20-10-4-11-21-38/h3-27,29-31,46,48-50,52H,28,32-36H2,1-2H3,(H,53,54)/t46-,48-,49+,50+,52-/m1/s1. The van der Waals surface area contributed by atoms with E-state index in [0.717, 1.165) is 27.8 Å². The Morgan fingerprint density at radius 1 is 0.565 bits per heavy atom. The maximum Gasteiger partial charge on any atom is 0.331 e. The van der Waals surface area contributed by atoms with Crippen molar-refractivity contribution >= 4 is 12.0 Å². The summed E-state index contributed by atoms with van der Waals surface area (Å²) >= 11 is 0. The first-order valence-corrected chi connectivity index (χ1v) is 20.6. The predicted molar refractivity (Wildman–Crippen MR) is 236 cm³/mol. The number of hydrogen-bond donors (Lipinski definition) is 1. The number of carbonyl (C=O) groups is 1. The molecule has 0 aromatic heterocycles. The molecule has 62 heavy (non-hydrogen) atoms. The van der Waals surface area contributed by atoms with Crippen molar-refractivity contribution in [2.45, 2.75) is 63.6 Å². The van der Waals surface area contributed by atoms with E-state index in [9.17, 15) is 9.90 Å². The Kier molecular flexibility index (Phi) is 15.9. The van der Waals surface area contributed by atoms with Crippen LogP contribution in [0.5, 0.6) is 17.2 Å². The third kappa shape index (κ3) is 12.2. The molecule has 1 N–H and O–H groups in total. The highest BCUT2D eigenvalue weighted by molar-refractivity contribution is 5.93. The second kappa shape index (κ2) is 22.5. The van der Waals surface area contributed by atoms with Gasteiger partial charge in [0.15, 0.2) is 11.5 Å². The molecule has 1 heterocycles. The van der Waals surface area contributed by atoms with Crippen LogP contribution in [0.15, 0.2) is 169 Å². The maximum absolute atomic E-state index is 12.4. The maximum atomic E-state index is 12.4. The largest absolute Gasteiger partial charge is 0.493 e. The van der Waals surface area contributed by atoms with Gasteiger partial charge in [-0.1, -0.05) is 152 Å². The number of benzene rings is 6. The van der Waals surface area contributed by atoms with Crippen LogP contribution >= 0.6 is 0 Å². The first kappa shape index (κ1) is 43.8. The Labute approximate surface area is 363 Å². The van der Waals surface area contributed by atoms with Crippen molar-refractivity contribution in [2.24, 2.45) is 0 Å². The summed E-state index contributed by atoms with van der Waals surface area (Å²) in [4.78, 5) is 12.4. The topological polar surface area (TPSA) is 111 Å². The molecular weight excluding hydrogens is 785 g/mol. The second-order valence-electron chi connectivity index (χ2n) is 14.8. The molecule has 320 valence electrons. The molecule has 0 aliphatic carbocycles. The Balaban J connectivity index is 1.26. The molecule has 10 nitrogen and oxygen atoms in total. The lowest BCUT2D eigenvalue weighted by molar-refractivity contribution is -0.310. The molecule has 0 spiro atoms. The monoisotopic (exact) mass is 836 g/mol. The molecule has 6 aromatic carbocycles. The molecule has 7 rings (SSSR count). The minimum atomic E-state index is -1.10. The van der Waals surface area contributed by atoms with Crippen LogP contribution in [0.25, 0.3) is 6.08 Å². The molecule has 0 radical (unpaired) electrons. The Hall–Kier alpha value is -6.27. The fourth-order valence-electron chi connectivity index (χ4n) is 7.26. The number of carboxylic acids is 1. The number of carboxylic acid groups (broad SMARTS) is 1. The molecular formula is C52H52O10. The normalized spacial score (nSPS) is 18.8. The van der Waals surface area contributed by atoms with Crippen LogP contribution < -0.4 is 14.2 Å². The summed E-state index contributed by atoms with van der Waals surface area (Å²) in [5.41, 5.74) is 5.52. The van der Waals surface area contributed by atoms with Crippen LogP contribution in [-0.4, -0.2) is 62.6 Å². The molecule has 0 amide bonds. The highest BCUT2D eigenvalue weighted by atomic mass is 16.7. The molecule has 1 fully saturated rings. The zero-order valence-corrected chi connectivity index (χ0v) is 34.9. The van der Waals surface area contributed by atoms with Gasteiger partial charge in [0.2, 0.25) is 12.0 Å². The third-order valence-electron chi connectivity index (χ3n) is 10.4. The lowest BCUT2D eigenvalue weighted by atomic mass is 9.97. The van der Waals surface area contributed by atoms with Gasteiger partial charge >= 0.3 is 5.97 Å². The zero-order chi connectivity index (χ0) is 42.9. The number of rotatable bonds is 21. The molecule has 0 saturated carbocycles. The van der Waals surface area contributed by atoms with Gasteiger partial charge in [-0.2, -0.15) is 0 Å². The summed E-state index contributed by atoms with van der Waals surface area (Å²) in [7, 11) is 3.03. The van der Waals surface area contributed by atoms with Crippen molar-refractivity contribution in [3.63, 3.8) is 0 Å². The molecule has 1 aliphatic heterocycles. The van der Waals surface area contributed by atoms with Crippen LogP contribution in [0.4, 0.5) is 0 Å². The minimum absolute atomic E-state index is 0.141. The number of hydrogen-bond acceptors (Lipinski definition) is 9. The van der Waals surface area contributed by atoms with E-state index in [1.54, 1.807) is 18.2 Å². The second-order valence-corrected chi connectivity index (χ2v) is 14.8. The summed E-state index contributed by atoms with van der Waals surface area (Å²) < 4.78 is 52.5. The van der Waals surface area contributed by atoms with E-state index in [2.05, 4.69) is 0 Å². The predicted octanol–water partition coefficient (Wildman–Crippen LogP) is 9.49. The molecule has 1 aliphatic rings. The van der Waals surface area contributed by atoms with Gasteiger partial charge in [-0.05, 0) is 51.6 Å². The minimum Gasteiger partial charge on any atom is -0.493 e. The fourth-order valence-corrected chi connectivity index (χ4v) is 7.26. The number of methoxy groups -OCH3 is 2. The van der Waals surface area contributed by atoms with Crippen LogP contribution in [0.3, 0.4) is 0 Å². The zero-order valence-electron chi connectivity index (χ0n) is 34.9. The van der Waals surface area contributed by atoms with Gasteiger partial charge < -0.3 is 43.0 Å². The fraction of sp³-hybridized carbons (Fsp3) is 0.250.